The number of para-hydroxylation sites is 2. The fourth-order valence-electron chi connectivity index (χ4n) is 3.02. The Balaban J connectivity index is 1.66. The molecule has 0 fully saturated rings. The van der Waals surface area contributed by atoms with Gasteiger partial charge in [-0.05, 0) is 48.5 Å². The molecule has 146 valence electrons. The van der Waals surface area contributed by atoms with Gasteiger partial charge < -0.3 is 5.32 Å². The van der Waals surface area contributed by atoms with Crippen molar-refractivity contribution < 1.29 is 17.8 Å². The number of amides is 1. The highest BCUT2D eigenvalue weighted by molar-refractivity contribution is 7.84. The van der Waals surface area contributed by atoms with E-state index in [1.165, 1.54) is 12.1 Å². The van der Waals surface area contributed by atoms with Gasteiger partial charge in [0.25, 0.3) is 5.91 Å². The summed E-state index contributed by atoms with van der Waals surface area (Å²) in [5.74, 6) is -3.03. The summed E-state index contributed by atoms with van der Waals surface area (Å²) >= 11 is 0. The molecule has 1 heterocycles. The van der Waals surface area contributed by atoms with Crippen LogP contribution in [0, 0.1) is 11.6 Å². The molecule has 1 N–H and O–H groups in total. The van der Waals surface area contributed by atoms with E-state index in [1.54, 1.807) is 35.1 Å². The van der Waals surface area contributed by atoms with Gasteiger partial charge in [-0.3, -0.25) is 13.6 Å². The first-order chi connectivity index (χ1) is 14.0. The second-order valence-corrected chi connectivity index (χ2v) is 7.55. The molecular weight excluding hydrogens is 396 g/mol. The lowest BCUT2D eigenvalue weighted by atomic mass is 10.2. The van der Waals surface area contributed by atoms with E-state index in [0.29, 0.717) is 16.5 Å². The van der Waals surface area contributed by atoms with Crippen LogP contribution in [0.4, 0.5) is 14.5 Å². The van der Waals surface area contributed by atoms with Crippen LogP contribution in [-0.2, 0) is 10.8 Å². The van der Waals surface area contributed by atoms with Gasteiger partial charge in [0, 0.05) is 17.6 Å². The number of carbonyl (C=O) groups is 1. The molecule has 29 heavy (non-hydrogen) atoms. The number of carbonyl (C=O) groups excluding carboxylic acids is 1. The van der Waals surface area contributed by atoms with Gasteiger partial charge >= 0.3 is 0 Å². The number of rotatable bonds is 4. The molecule has 0 aliphatic rings. The van der Waals surface area contributed by atoms with E-state index in [-0.39, 0.29) is 5.56 Å². The van der Waals surface area contributed by atoms with Crippen molar-refractivity contribution in [1.82, 2.24) is 9.55 Å². The van der Waals surface area contributed by atoms with Crippen LogP contribution in [0.15, 0.2) is 71.9 Å². The standard InChI is InChI=1S/C21H15F2N3O2S/c1-29(28)21-25-17-7-2-3-8-18(17)26(21)14-11-9-13(10-12-14)24-20(27)15-5-4-6-16(22)19(15)23/h2-12H,1H3,(H,24,27). The zero-order valence-corrected chi connectivity index (χ0v) is 16.0. The molecule has 3 aromatic carbocycles. The lowest BCUT2D eigenvalue weighted by Gasteiger charge is -2.10. The lowest BCUT2D eigenvalue weighted by Crippen LogP contribution is -2.14. The highest BCUT2D eigenvalue weighted by Crippen LogP contribution is 2.24. The lowest BCUT2D eigenvalue weighted by molar-refractivity contribution is 0.102. The Kier molecular flexibility index (Phi) is 4.94. The van der Waals surface area contributed by atoms with Crippen molar-refractivity contribution in [3.05, 3.63) is 83.9 Å². The monoisotopic (exact) mass is 411 g/mol. The maximum absolute atomic E-state index is 13.8. The quantitative estimate of drug-likeness (QED) is 0.545. The summed E-state index contributed by atoms with van der Waals surface area (Å²) < 4.78 is 41.1. The number of nitrogens with one attached hydrogen (secondary N) is 1. The molecule has 4 aromatic rings. The summed E-state index contributed by atoms with van der Waals surface area (Å²) in [6, 6.07) is 17.6. The number of benzene rings is 3. The molecule has 8 heteroatoms. The Morgan fingerprint density at radius 3 is 2.45 bits per heavy atom. The average Bonchev–Trinajstić information content (AvgIpc) is 3.10. The van der Waals surface area contributed by atoms with E-state index in [0.717, 1.165) is 17.1 Å². The molecule has 1 atom stereocenters. The predicted molar refractivity (Wildman–Crippen MR) is 108 cm³/mol. The normalized spacial score (nSPS) is 12.1. The van der Waals surface area contributed by atoms with E-state index >= 15 is 0 Å². The summed E-state index contributed by atoms with van der Waals surface area (Å²) in [6.45, 7) is 0. The summed E-state index contributed by atoms with van der Waals surface area (Å²) in [4.78, 5) is 16.7. The molecule has 0 spiro atoms. The Bertz CT molecular complexity index is 1250. The van der Waals surface area contributed by atoms with E-state index in [9.17, 15) is 17.8 Å². The summed E-state index contributed by atoms with van der Waals surface area (Å²) in [7, 11) is -1.31. The molecule has 0 saturated heterocycles. The largest absolute Gasteiger partial charge is 0.322 e. The van der Waals surface area contributed by atoms with Crippen molar-refractivity contribution in [2.75, 3.05) is 11.6 Å². The number of imidazole rings is 1. The van der Waals surface area contributed by atoms with E-state index in [1.807, 2.05) is 24.3 Å². The smallest absolute Gasteiger partial charge is 0.258 e. The van der Waals surface area contributed by atoms with Gasteiger partial charge in [0.05, 0.1) is 27.4 Å². The number of halogens is 2. The van der Waals surface area contributed by atoms with Crippen LogP contribution in [0.5, 0.6) is 0 Å². The van der Waals surface area contributed by atoms with Crippen molar-refractivity contribution in [2.45, 2.75) is 5.16 Å². The topological polar surface area (TPSA) is 64.0 Å². The van der Waals surface area contributed by atoms with E-state index in [2.05, 4.69) is 10.3 Å². The maximum Gasteiger partial charge on any atom is 0.258 e. The van der Waals surface area contributed by atoms with Crippen LogP contribution >= 0.6 is 0 Å². The average molecular weight is 411 g/mol. The van der Waals surface area contributed by atoms with Gasteiger partial charge in [-0.1, -0.05) is 18.2 Å². The SMILES string of the molecule is CS(=O)c1nc2ccccc2n1-c1ccc(NC(=O)c2cccc(F)c2F)cc1. The molecule has 0 aliphatic heterocycles. The van der Waals surface area contributed by atoms with Crippen LogP contribution < -0.4 is 5.32 Å². The molecule has 4 rings (SSSR count). The van der Waals surface area contributed by atoms with Crippen molar-refractivity contribution in [1.29, 1.82) is 0 Å². The molecule has 5 nitrogen and oxygen atoms in total. The molecule has 1 amide bonds. The molecule has 0 aliphatic carbocycles. The zero-order valence-electron chi connectivity index (χ0n) is 15.2. The number of nitrogens with zero attached hydrogens (tertiary/aromatic N) is 2. The minimum Gasteiger partial charge on any atom is -0.322 e. The van der Waals surface area contributed by atoms with Crippen LogP contribution in [0.3, 0.4) is 0 Å². The first-order valence-corrected chi connectivity index (χ1v) is 10.2. The van der Waals surface area contributed by atoms with Crippen LogP contribution in [0.1, 0.15) is 10.4 Å². The number of fused-ring (bicyclic) bond motifs is 1. The second kappa shape index (κ2) is 7.56. The third-order valence-corrected chi connectivity index (χ3v) is 5.15. The molecular formula is C21H15F2N3O2S. The minimum absolute atomic E-state index is 0.377. The summed E-state index contributed by atoms with van der Waals surface area (Å²) in [5.41, 5.74) is 2.26. The highest BCUT2D eigenvalue weighted by atomic mass is 32.2. The van der Waals surface area contributed by atoms with Crippen molar-refractivity contribution >= 4 is 33.4 Å². The van der Waals surface area contributed by atoms with Crippen LogP contribution in [0.2, 0.25) is 0 Å². The van der Waals surface area contributed by atoms with E-state index < -0.39 is 28.3 Å². The van der Waals surface area contributed by atoms with Gasteiger partial charge in [0.15, 0.2) is 11.6 Å². The number of hydrogen-bond acceptors (Lipinski definition) is 3. The number of anilines is 1. The number of hydrogen-bond donors (Lipinski definition) is 1. The van der Waals surface area contributed by atoms with Crippen LogP contribution in [0.25, 0.3) is 16.7 Å². The molecule has 0 radical (unpaired) electrons. The zero-order chi connectivity index (χ0) is 20.5. The Hall–Kier alpha value is -3.39. The van der Waals surface area contributed by atoms with Crippen molar-refractivity contribution in [3.8, 4) is 5.69 Å². The van der Waals surface area contributed by atoms with Gasteiger partial charge in [-0.25, -0.2) is 13.8 Å². The Labute approximate surface area is 167 Å². The van der Waals surface area contributed by atoms with Gasteiger partial charge in [-0.15, -0.1) is 0 Å². The minimum atomic E-state index is -1.31. The molecule has 0 bridgehead atoms. The van der Waals surface area contributed by atoms with Crippen molar-refractivity contribution in [2.24, 2.45) is 0 Å². The highest BCUT2D eigenvalue weighted by Gasteiger charge is 2.17. The Morgan fingerprint density at radius 2 is 1.72 bits per heavy atom. The fraction of sp³-hybridized carbons (Fsp3) is 0.0476. The fourth-order valence-corrected chi connectivity index (χ4v) is 3.71. The van der Waals surface area contributed by atoms with Gasteiger partial charge in [-0.2, -0.15) is 0 Å². The van der Waals surface area contributed by atoms with Crippen molar-refractivity contribution in [3.63, 3.8) is 0 Å². The molecule has 0 saturated carbocycles. The first kappa shape index (κ1) is 18.9. The number of aromatic nitrogens is 2. The molecule has 1 unspecified atom stereocenters. The second-order valence-electron chi connectivity index (χ2n) is 6.28. The summed E-state index contributed by atoms with van der Waals surface area (Å²) in [6.07, 6.45) is 1.56. The first-order valence-electron chi connectivity index (χ1n) is 8.62. The maximum atomic E-state index is 13.8. The summed E-state index contributed by atoms with van der Waals surface area (Å²) in [5, 5.41) is 2.95. The molecule has 1 aromatic heterocycles. The Morgan fingerprint density at radius 1 is 1.00 bits per heavy atom. The third-order valence-electron chi connectivity index (χ3n) is 4.37. The van der Waals surface area contributed by atoms with Gasteiger partial charge in [0.2, 0.25) is 5.16 Å². The predicted octanol–water partition coefficient (Wildman–Crippen LogP) is 4.29. The third kappa shape index (κ3) is 3.54. The van der Waals surface area contributed by atoms with E-state index in [4.69, 9.17) is 0 Å². The van der Waals surface area contributed by atoms with Crippen LogP contribution in [-0.4, -0.2) is 25.9 Å². The van der Waals surface area contributed by atoms with Gasteiger partial charge in [0.1, 0.15) is 0 Å².